The maximum Gasteiger partial charge on any atom is 0.148 e. The number of fused-ring (bicyclic) bond motifs is 6. The van der Waals surface area contributed by atoms with Crippen LogP contribution in [0.4, 0.5) is 11.4 Å². The van der Waals surface area contributed by atoms with Gasteiger partial charge in [0.1, 0.15) is 25.0 Å². The Morgan fingerprint density at radius 2 is 1.44 bits per heavy atom. The van der Waals surface area contributed by atoms with Crippen molar-refractivity contribution in [1.82, 2.24) is 29.6 Å². The van der Waals surface area contributed by atoms with Crippen molar-refractivity contribution in [3.63, 3.8) is 0 Å². The first-order chi connectivity index (χ1) is 26.6. The Kier molecular flexibility index (Phi) is 8.90. The van der Waals surface area contributed by atoms with Gasteiger partial charge in [-0.2, -0.15) is 5.10 Å². The minimum Gasteiger partial charge on any atom is -0.490 e. The number of ether oxygens (including phenoxy) is 1. The predicted molar refractivity (Wildman–Crippen MR) is 222 cm³/mol. The molecule has 268 valence electrons. The molecule has 0 bridgehead atoms. The Morgan fingerprint density at radius 3 is 2.22 bits per heavy atom. The molecule has 0 radical (unpaired) electrons. The molecule has 9 aromatic rings. The third-order valence-corrected chi connectivity index (χ3v) is 10.1. The number of para-hydroxylation sites is 3. The van der Waals surface area contributed by atoms with Gasteiger partial charge in [-0.25, -0.2) is 4.98 Å². The van der Waals surface area contributed by atoms with Crippen LogP contribution >= 0.6 is 0 Å². The van der Waals surface area contributed by atoms with Gasteiger partial charge in [0.2, 0.25) is 0 Å². The summed E-state index contributed by atoms with van der Waals surface area (Å²) in [4.78, 5) is 13.7. The van der Waals surface area contributed by atoms with Crippen LogP contribution in [0.3, 0.4) is 0 Å². The van der Waals surface area contributed by atoms with Gasteiger partial charge in [0.05, 0.1) is 17.6 Å². The van der Waals surface area contributed by atoms with E-state index in [0.717, 1.165) is 78.9 Å². The van der Waals surface area contributed by atoms with Crippen LogP contribution in [0.1, 0.15) is 5.56 Å². The van der Waals surface area contributed by atoms with Crippen molar-refractivity contribution in [2.45, 2.75) is 13.1 Å². The smallest absolute Gasteiger partial charge is 0.148 e. The maximum absolute atomic E-state index is 6.65. The van der Waals surface area contributed by atoms with E-state index >= 15 is 0 Å². The molecule has 4 N–H and O–H groups in total. The summed E-state index contributed by atoms with van der Waals surface area (Å²) in [6.07, 6.45) is 3.32. The highest BCUT2D eigenvalue weighted by Gasteiger charge is 2.21. The molecular weight excluding hydrogens is 669 g/mol. The second kappa shape index (κ2) is 14.4. The normalized spacial score (nSPS) is 11.7. The fourth-order valence-electron chi connectivity index (χ4n) is 7.51. The molecule has 0 spiro atoms. The summed E-state index contributed by atoms with van der Waals surface area (Å²) in [5, 5.41) is 16.4. The van der Waals surface area contributed by atoms with Gasteiger partial charge < -0.3 is 30.2 Å². The van der Waals surface area contributed by atoms with Crippen LogP contribution in [0.25, 0.3) is 65.9 Å². The number of rotatable bonds is 13. The molecule has 9 rings (SSSR count). The fourth-order valence-corrected chi connectivity index (χ4v) is 7.51. The number of likely N-dealkylation sites (N-methyl/N-ethyl adjacent to an activating group) is 1. The second-order valence-corrected chi connectivity index (χ2v) is 13.9. The highest BCUT2D eigenvalue weighted by Crippen LogP contribution is 2.44. The number of nitrogens with zero attached hydrogens (tertiary/aromatic N) is 4. The second-order valence-electron chi connectivity index (χ2n) is 13.9. The number of aromatic amines is 2. The highest BCUT2D eigenvalue weighted by atomic mass is 16.5. The summed E-state index contributed by atoms with van der Waals surface area (Å²) in [6, 6.07) is 43.1. The molecule has 0 aliphatic rings. The molecule has 6 aromatic carbocycles. The van der Waals surface area contributed by atoms with Crippen molar-refractivity contribution in [2.75, 3.05) is 44.4 Å². The van der Waals surface area contributed by atoms with E-state index in [1.54, 1.807) is 12.7 Å². The van der Waals surface area contributed by atoms with Gasteiger partial charge in [-0.1, -0.05) is 84.9 Å². The number of nitrogens with one attached hydrogen (secondary N) is 4. The maximum atomic E-state index is 6.65. The number of benzene rings is 6. The quantitative estimate of drug-likeness (QED) is 0.0952. The molecule has 0 aliphatic heterocycles. The number of hydrogen-bond acceptors (Lipinski definition) is 6. The zero-order valence-corrected chi connectivity index (χ0v) is 30.4. The van der Waals surface area contributed by atoms with Crippen LogP contribution < -0.4 is 15.4 Å². The average molecular weight is 711 g/mol. The summed E-state index contributed by atoms with van der Waals surface area (Å²) in [5.41, 5.74) is 12.1. The first-order valence-electron chi connectivity index (χ1n) is 18.4. The van der Waals surface area contributed by atoms with Crippen LogP contribution in [0.15, 0.2) is 134 Å². The van der Waals surface area contributed by atoms with Crippen LogP contribution in [0, 0.1) is 0 Å². The van der Waals surface area contributed by atoms with Gasteiger partial charge in [0.15, 0.2) is 0 Å². The predicted octanol–water partition coefficient (Wildman–Crippen LogP) is 9.55. The van der Waals surface area contributed by atoms with Gasteiger partial charge in [0, 0.05) is 74.7 Å². The van der Waals surface area contributed by atoms with Gasteiger partial charge in [-0.05, 0) is 67.2 Å². The van der Waals surface area contributed by atoms with Gasteiger partial charge >= 0.3 is 0 Å². The van der Waals surface area contributed by atoms with E-state index < -0.39 is 0 Å². The Morgan fingerprint density at radius 1 is 0.722 bits per heavy atom. The third-order valence-electron chi connectivity index (χ3n) is 10.1. The van der Waals surface area contributed by atoms with E-state index in [1.165, 1.54) is 16.2 Å². The molecule has 3 heterocycles. The van der Waals surface area contributed by atoms with E-state index in [2.05, 4.69) is 165 Å². The lowest BCUT2D eigenvalue weighted by atomic mass is 9.93. The number of H-pyrrole nitrogens is 2. The Bertz CT molecular complexity index is 2690. The molecule has 54 heavy (non-hydrogen) atoms. The molecular formula is C45H42N8O. The van der Waals surface area contributed by atoms with Crippen molar-refractivity contribution in [1.29, 1.82) is 0 Å². The third kappa shape index (κ3) is 6.39. The van der Waals surface area contributed by atoms with Crippen molar-refractivity contribution < 1.29 is 4.74 Å². The number of aromatic nitrogens is 5. The lowest BCUT2D eigenvalue weighted by molar-refractivity contribution is 0.262. The van der Waals surface area contributed by atoms with Gasteiger partial charge in [0.25, 0.3) is 0 Å². The van der Waals surface area contributed by atoms with Gasteiger partial charge in [-0.3, -0.25) is 4.68 Å². The van der Waals surface area contributed by atoms with E-state index in [4.69, 9.17) is 4.74 Å². The summed E-state index contributed by atoms with van der Waals surface area (Å²) in [6.45, 7) is 3.43. The van der Waals surface area contributed by atoms with Crippen LogP contribution in [-0.4, -0.2) is 63.4 Å². The van der Waals surface area contributed by atoms with Gasteiger partial charge in [-0.15, -0.1) is 0 Å². The van der Waals surface area contributed by atoms with Crippen LogP contribution in [-0.2, 0) is 13.1 Å². The molecule has 0 unspecified atom stereocenters. The summed E-state index contributed by atoms with van der Waals surface area (Å²) in [7, 11) is 4.15. The van der Waals surface area contributed by atoms with Crippen LogP contribution in [0.2, 0.25) is 0 Å². The topological polar surface area (TPSA) is 98.8 Å². The minimum atomic E-state index is 0.582. The molecule has 0 saturated heterocycles. The summed E-state index contributed by atoms with van der Waals surface area (Å²) >= 11 is 0. The molecule has 0 aliphatic carbocycles. The zero-order valence-electron chi connectivity index (χ0n) is 30.4. The monoisotopic (exact) mass is 710 g/mol. The van der Waals surface area contributed by atoms with Crippen LogP contribution in [0.5, 0.6) is 5.75 Å². The van der Waals surface area contributed by atoms with Crippen molar-refractivity contribution in [2.24, 2.45) is 0 Å². The molecule has 9 nitrogen and oxygen atoms in total. The molecule has 9 heteroatoms. The standard InChI is InChI=1S/C45H42N8O/c1-52(2)24-25-54-45-32(27-48-33-10-4-3-5-11-33)26-37(42-36-13-7-9-15-39(36)51-44(42)45)30-16-18-31(19-17-30)41-40(47-22-23-53-29-46-28-49-53)21-20-35-34-12-6-8-14-38(34)50-43(35)41/h3-21,26,28-29,47-48,50-51H,22-25,27H2,1-2H3. The average Bonchev–Trinajstić information content (AvgIpc) is 3.96. The molecule has 0 amide bonds. The molecule has 3 aromatic heterocycles. The Balaban J connectivity index is 1.16. The van der Waals surface area contributed by atoms with Crippen molar-refractivity contribution in [3.05, 3.63) is 140 Å². The van der Waals surface area contributed by atoms with Crippen molar-refractivity contribution >= 4 is 55.0 Å². The Hall–Kier alpha value is -6.58. The molecule has 0 fully saturated rings. The number of anilines is 2. The minimum absolute atomic E-state index is 0.582. The Labute approximate surface area is 313 Å². The van der Waals surface area contributed by atoms with E-state index in [1.807, 2.05) is 10.7 Å². The summed E-state index contributed by atoms with van der Waals surface area (Å²) < 4.78 is 8.49. The zero-order chi connectivity index (χ0) is 36.4. The van der Waals surface area contributed by atoms with Crippen molar-refractivity contribution in [3.8, 4) is 28.0 Å². The highest BCUT2D eigenvalue weighted by molar-refractivity contribution is 6.17. The van der Waals surface area contributed by atoms with E-state index in [0.29, 0.717) is 26.2 Å². The van der Waals surface area contributed by atoms with E-state index in [-0.39, 0.29) is 0 Å². The lowest BCUT2D eigenvalue weighted by Crippen LogP contribution is -2.20. The molecule has 0 atom stereocenters. The van der Waals surface area contributed by atoms with E-state index in [9.17, 15) is 0 Å². The lowest BCUT2D eigenvalue weighted by Gasteiger charge is -2.19. The fraction of sp³-hybridized carbons (Fsp3) is 0.156. The number of hydrogen-bond donors (Lipinski definition) is 4. The SMILES string of the molecule is CN(C)CCOc1c(CNc2ccccc2)cc(-c2ccc(-c3c(NCCn4cncn4)ccc4c3[nH]c3ccccc34)cc2)c2c1[nH]c1ccccc12. The summed E-state index contributed by atoms with van der Waals surface area (Å²) in [5.74, 6) is 0.888. The first kappa shape index (κ1) is 33.3. The first-order valence-corrected chi connectivity index (χ1v) is 18.4. The largest absolute Gasteiger partial charge is 0.490 e. The molecule has 0 saturated carbocycles.